The number of hydrazone groups is 1. The molecule has 30 heavy (non-hydrogen) atoms. The largest absolute Gasteiger partial charge is 0.497 e. The van der Waals surface area contributed by atoms with E-state index in [1.54, 1.807) is 14.0 Å². The van der Waals surface area contributed by atoms with Gasteiger partial charge in [-0.1, -0.05) is 29.8 Å². The fourth-order valence-electron chi connectivity index (χ4n) is 4.42. The molecule has 0 saturated heterocycles. The molecule has 0 bridgehead atoms. The molecule has 6 nitrogen and oxygen atoms in total. The lowest BCUT2D eigenvalue weighted by molar-refractivity contribution is -0.158. The summed E-state index contributed by atoms with van der Waals surface area (Å²) in [6.07, 6.45) is 0.940. The minimum Gasteiger partial charge on any atom is -0.497 e. The van der Waals surface area contributed by atoms with Crippen molar-refractivity contribution in [2.75, 3.05) is 7.11 Å². The van der Waals surface area contributed by atoms with Gasteiger partial charge < -0.3 is 9.47 Å². The Morgan fingerprint density at radius 3 is 2.57 bits per heavy atom. The molecule has 4 rings (SSSR count). The van der Waals surface area contributed by atoms with Crippen molar-refractivity contribution in [3.63, 3.8) is 0 Å². The van der Waals surface area contributed by atoms with E-state index in [0.717, 1.165) is 41.0 Å². The number of aryl methyl sites for hydroxylation is 2. The minimum absolute atomic E-state index is 0.0844. The van der Waals surface area contributed by atoms with Crippen LogP contribution in [0.2, 0.25) is 0 Å². The van der Waals surface area contributed by atoms with E-state index < -0.39 is 12.1 Å². The minimum atomic E-state index is -0.898. The predicted molar refractivity (Wildman–Crippen MR) is 113 cm³/mol. The molecule has 0 fully saturated rings. The Labute approximate surface area is 176 Å². The van der Waals surface area contributed by atoms with Gasteiger partial charge in [0.15, 0.2) is 6.10 Å². The Kier molecular flexibility index (Phi) is 5.33. The van der Waals surface area contributed by atoms with E-state index in [2.05, 4.69) is 25.1 Å². The molecule has 1 amide bonds. The molecule has 2 aliphatic rings. The lowest BCUT2D eigenvalue weighted by Gasteiger charge is -2.30. The van der Waals surface area contributed by atoms with E-state index in [9.17, 15) is 9.59 Å². The highest BCUT2D eigenvalue weighted by Crippen LogP contribution is 2.44. The first-order chi connectivity index (χ1) is 14.4. The number of ether oxygens (including phenoxy) is 2. The maximum atomic E-state index is 13.2. The zero-order valence-electron chi connectivity index (χ0n) is 17.7. The van der Waals surface area contributed by atoms with E-state index in [1.165, 1.54) is 17.5 Å². The van der Waals surface area contributed by atoms with E-state index in [1.807, 2.05) is 24.3 Å². The van der Waals surface area contributed by atoms with Crippen molar-refractivity contribution in [3.05, 3.63) is 64.7 Å². The van der Waals surface area contributed by atoms with Gasteiger partial charge >= 0.3 is 5.97 Å². The van der Waals surface area contributed by atoms with Crippen LogP contribution in [0.1, 0.15) is 48.6 Å². The third-order valence-electron chi connectivity index (χ3n) is 5.85. The summed E-state index contributed by atoms with van der Waals surface area (Å²) in [5, 5.41) is 6.32. The van der Waals surface area contributed by atoms with Crippen molar-refractivity contribution in [2.24, 2.45) is 11.0 Å². The van der Waals surface area contributed by atoms with Crippen LogP contribution in [-0.2, 0) is 20.7 Å². The second-order valence-electron chi connectivity index (χ2n) is 7.94. The number of hydrogen-bond acceptors (Lipinski definition) is 5. The summed E-state index contributed by atoms with van der Waals surface area (Å²) >= 11 is 0. The molecule has 0 spiro atoms. The van der Waals surface area contributed by atoms with Crippen LogP contribution in [0.4, 0.5) is 0 Å². The van der Waals surface area contributed by atoms with Gasteiger partial charge in [0.2, 0.25) is 0 Å². The fourth-order valence-corrected chi connectivity index (χ4v) is 4.42. The second kappa shape index (κ2) is 7.94. The Morgan fingerprint density at radius 1 is 1.17 bits per heavy atom. The monoisotopic (exact) mass is 406 g/mol. The molecule has 0 radical (unpaired) electrons. The summed E-state index contributed by atoms with van der Waals surface area (Å²) in [6, 6.07) is 13.9. The molecule has 1 aliphatic carbocycles. The van der Waals surface area contributed by atoms with Gasteiger partial charge in [0.1, 0.15) is 5.75 Å². The van der Waals surface area contributed by atoms with Crippen LogP contribution < -0.4 is 4.74 Å². The number of nitrogens with zero attached hydrogens (tertiary/aromatic N) is 2. The summed E-state index contributed by atoms with van der Waals surface area (Å²) < 4.78 is 10.5. The molecule has 0 saturated carbocycles. The average molecular weight is 406 g/mol. The quantitative estimate of drug-likeness (QED) is 0.724. The van der Waals surface area contributed by atoms with Gasteiger partial charge in [0, 0.05) is 18.4 Å². The number of esters is 1. The van der Waals surface area contributed by atoms with Gasteiger partial charge in [-0.25, -0.2) is 5.01 Å². The maximum absolute atomic E-state index is 13.2. The summed E-state index contributed by atoms with van der Waals surface area (Å²) in [5.41, 5.74) is 5.45. The van der Waals surface area contributed by atoms with Gasteiger partial charge in [-0.2, -0.15) is 5.10 Å². The lowest BCUT2D eigenvalue weighted by atomic mass is 9.77. The molecule has 0 unspecified atom stereocenters. The Morgan fingerprint density at radius 2 is 1.90 bits per heavy atom. The highest BCUT2D eigenvalue weighted by molar-refractivity contribution is 6.07. The van der Waals surface area contributed by atoms with Gasteiger partial charge in [0.25, 0.3) is 5.91 Å². The van der Waals surface area contributed by atoms with Gasteiger partial charge in [-0.05, 0) is 56.0 Å². The molecule has 1 heterocycles. The molecule has 0 N–H and O–H groups in total. The zero-order chi connectivity index (χ0) is 21.4. The molecule has 0 aromatic heterocycles. The number of fused-ring (bicyclic) bond motifs is 3. The Bertz CT molecular complexity index is 1010. The van der Waals surface area contributed by atoms with E-state index in [-0.39, 0.29) is 17.9 Å². The SMILES string of the molecule is COc1ccc([C@H]2[C@H]3CCc4ccc(C)cc4C3=NN2C(=O)[C@H](C)OC(C)=O)cc1. The summed E-state index contributed by atoms with van der Waals surface area (Å²) in [7, 11) is 1.63. The number of carbonyl (C=O) groups is 2. The Balaban J connectivity index is 1.77. The summed E-state index contributed by atoms with van der Waals surface area (Å²) in [6.45, 7) is 4.96. The van der Waals surface area contributed by atoms with Crippen LogP contribution in [0.15, 0.2) is 47.6 Å². The van der Waals surface area contributed by atoms with Crippen LogP contribution in [0, 0.1) is 12.8 Å². The van der Waals surface area contributed by atoms with Gasteiger partial charge in [-0.3, -0.25) is 9.59 Å². The number of methoxy groups -OCH3 is 1. The van der Waals surface area contributed by atoms with Crippen LogP contribution in [0.3, 0.4) is 0 Å². The summed E-state index contributed by atoms with van der Waals surface area (Å²) in [4.78, 5) is 24.6. The maximum Gasteiger partial charge on any atom is 0.303 e. The Hall–Kier alpha value is -3.15. The topological polar surface area (TPSA) is 68.2 Å². The molecule has 3 atom stereocenters. The van der Waals surface area contributed by atoms with Gasteiger partial charge in [-0.15, -0.1) is 0 Å². The van der Waals surface area contributed by atoms with Crippen molar-refractivity contribution in [3.8, 4) is 5.75 Å². The first kappa shape index (κ1) is 20.1. The van der Waals surface area contributed by atoms with Crippen LogP contribution in [-0.4, -0.2) is 35.8 Å². The van der Waals surface area contributed by atoms with Crippen molar-refractivity contribution in [1.82, 2.24) is 5.01 Å². The van der Waals surface area contributed by atoms with Crippen LogP contribution >= 0.6 is 0 Å². The molecular weight excluding hydrogens is 380 g/mol. The fraction of sp³-hybridized carbons (Fsp3) is 0.375. The van der Waals surface area contributed by atoms with E-state index >= 15 is 0 Å². The number of rotatable bonds is 4. The van der Waals surface area contributed by atoms with E-state index in [0.29, 0.717) is 0 Å². The van der Waals surface area contributed by atoms with Gasteiger partial charge in [0.05, 0.1) is 18.9 Å². The number of carbonyl (C=O) groups excluding carboxylic acids is 2. The normalized spacial score (nSPS) is 20.7. The van der Waals surface area contributed by atoms with Crippen molar-refractivity contribution >= 4 is 17.6 Å². The number of hydrogen-bond donors (Lipinski definition) is 0. The standard InChI is InChI=1S/C24H26N2O4/c1-14-5-6-17-9-12-20-22(21(17)13-14)25-26(24(28)15(2)30-16(3)27)23(20)18-7-10-19(29-4)11-8-18/h5-8,10-11,13,15,20,23H,9,12H2,1-4H3/t15-,20-,23-/m0/s1. The third kappa shape index (κ3) is 3.58. The molecule has 6 heteroatoms. The van der Waals surface area contributed by atoms with E-state index in [4.69, 9.17) is 14.6 Å². The van der Waals surface area contributed by atoms with Crippen LogP contribution in [0.25, 0.3) is 0 Å². The number of benzene rings is 2. The zero-order valence-corrected chi connectivity index (χ0v) is 17.7. The smallest absolute Gasteiger partial charge is 0.303 e. The first-order valence-electron chi connectivity index (χ1n) is 10.2. The van der Waals surface area contributed by atoms with Crippen molar-refractivity contribution < 1.29 is 19.1 Å². The average Bonchev–Trinajstić information content (AvgIpc) is 3.12. The predicted octanol–water partition coefficient (Wildman–Crippen LogP) is 3.81. The lowest BCUT2D eigenvalue weighted by Crippen LogP contribution is -2.38. The first-order valence-corrected chi connectivity index (χ1v) is 10.2. The van der Waals surface area contributed by atoms with Crippen LogP contribution in [0.5, 0.6) is 5.75 Å². The molecule has 2 aromatic carbocycles. The summed E-state index contributed by atoms with van der Waals surface area (Å²) in [5.74, 6) is 0.0408. The molecule has 156 valence electrons. The van der Waals surface area contributed by atoms with Crippen molar-refractivity contribution in [1.29, 1.82) is 0 Å². The molecular formula is C24H26N2O4. The van der Waals surface area contributed by atoms with Crippen molar-refractivity contribution in [2.45, 2.75) is 45.8 Å². The highest BCUT2D eigenvalue weighted by Gasteiger charge is 2.45. The number of amides is 1. The molecule has 1 aliphatic heterocycles. The molecule has 2 aromatic rings. The second-order valence-corrected chi connectivity index (χ2v) is 7.94. The highest BCUT2D eigenvalue weighted by atomic mass is 16.5. The third-order valence-corrected chi connectivity index (χ3v) is 5.85.